The van der Waals surface area contributed by atoms with Crippen LogP contribution in [0.15, 0.2) is 103 Å². The van der Waals surface area contributed by atoms with Crippen molar-refractivity contribution in [1.82, 2.24) is 0 Å². The number of aryl methyl sites for hydroxylation is 2. The second kappa shape index (κ2) is 16.0. The lowest BCUT2D eigenvalue weighted by Crippen LogP contribution is -2.52. The van der Waals surface area contributed by atoms with Crippen LogP contribution in [0.2, 0.25) is 0 Å². The predicted octanol–water partition coefficient (Wildman–Crippen LogP) is 9.04. The third-order valence-corrected chi connectivity index (χ3v) is 9.03. The molecule has 0 aliphatic carbocycles. The van der Waals surface area contributed by atoms with E-state index in [9.17, 15) is 4.79 Å². The first-order valence-electron chi connectivity index (χ1n) is 16.4. The summed E-state index contributed by atoms with van der Waals surface area (Å²) < 4.78 is 20.5. The highest BCUT2D eigenvalue weighted by Crippen LogP contribution is 2.42. The van der Waals surface area contributed by atoms with E-state index in [1.165, 1.54) is 22.3 Å². The molecule has 5 atom stereocenters. The van der Waals surface area contributed by atoms with Crippen LogP contribution < -0.4 is 0 Å². The summed E-state index contributed by atoms with van der Waals surface area (Å²) in [4.78, 5) is 10.9. The quantitative estimate of drug-likeness (QED) is 0.162. The van der Waals surface area contributed by atoms with Gasteiger partial charge in [0.05, 0.1) is 31.8 Å². The van der Waals surface area contributed by atoms with E-state index in [2.05, 4.69) is 76.2 Å². The van der Waals surface area contributed by atoms with Crippen LogP contribution in [0.5, 0.6) is 0 Å². The number of hydrogen-bond acceptors (Lipinski definition) is 4. The van der Waals surface area contributed by atoms with Gasteiger partial charge in [-0.25, -0.2) is 0 Å². The SMILES string of the molecule is CC[C@H]1O[C@@H](c2cc(Cc3ccc(/C=C/CC(=O)O)cc3)c(C)cc2C)[C@H](OCc2ccccc2)[C@@H](OCc2ccccc2)[C@H]1C. The monoisotopic (exact) mass is 618 g/mol. The molecule has 5 heteroatoms. The van der Waals surface area contributed by atoms with Crippen molar-refractivity contribution >= 4 is 12.0 Å². The first kappa shape index (κ1) is 33.3. The van der Waals surface area contributed by atoms with Gasteiger partial charge >= 0.3 is 5.97 Å². The van der Waals surface area contributed by atoms with Gasteiger partial charge in [0.1, 0.15) is 12.2 Å². The van der Waals surface area contributed by atoms with Crippen LogP contribution >= 0.6 is 0 Å². The number of rotatable bonds is 13. The van der Waals surface area contributed by atoms with Crippen LogP contribution in [0.25, 0.3) is 6.08 Å². The maximum Gasteiger partial charge on any atom is 0.307 e. The van der Waals surface area contributed by atoms with Crippen molar-refractivity contribution in [3.63, 3.8) is 0 Å². The molecule has 0 unspecified atom stereocenters. The minimum Gasteiger partial charge on any atom is -0.481 e. The van der Waals surface area contributed by atoms with E-state index in [4.69, 9.17) is 19.3 Å². The van der Waals surface area contributed by atoms with E-state index >= 15 is 0 Å². The molecule has 0 bridgehead atoms. The number of carbonyl (C=O) groups is 1. The summed E-state index contributed by atoms with van der Waals surface area (Å²) in [5.41, 5.74) is 9.26. The lowest BCUT2D eigenvalue weighted by Gasteiger charge is -2.46. The van der Waals surface area contributed by atoms with E-state index in [1.54, 1.807) is 6.08 Å². The summed E-state index contributed by atoms with van der Waals surface area (Å²) >= 11 is 0. The molecule has 1 fully saturated rings. The Bertz CT molecular complexity index is 1580. The Hall–Kier alpha value is -4.03. The normalized spacial score (nSPS) is 21.4. The van der Waals surface area contributed by atoms with Gasteiger partial charge in [0.25, 0.3) is 0 Å². The van der Waals surface area contributed by atoms with Crippen LogP contribution in [-0.2, 0) is 38.6 Å². The van der Waals surface area contributed by atoms with Crippen LogP contribution in [0.1, 0.15) is 77.3 Å². The van der Waals surface area contributed by atoms with Gasteiger partial charge in [-0.15, -0.1) is 0 Å². The number of hydrogen-bond donors (Lipinski definition) is 1. The zero-order chi connectivity index (χ0) is 32.5. The third kappa shape index (κ3) is 8.61. The van der Waals surface area contributed by atoms with Gasteiger partial charge < -0.3 is 19.3 Å². The molecule has 0 saturated carbocycles. The average Bonchev–Trinajstić information content (AvgIpc) is 3.06. The van der Waals surface area contributed by atoms with Crippen molar-refractivity contribution in [2.75, 3.05) is 0 Å². The number of benzene rings is 4. The van der Waals surface area contributed by atoms with Gasteiger partial charge in [0.15, 0.2) is 0 Å². The second-order valence-electron chi connectivity index (χ2n) is 12.4. The molecular formula is C41H46O5. The van der Waals surface area contributed by atoms with E-state index < -0.39 is 5.97 Å². The minimum atomic E-state index is -0.832. The Morgan fingerprint density at radius 3 is 2.00 bits per heavy atom. The summed E-state index contributed by atoms with van der Waals surface area (Å²) in [6.07, 6.45) is 4.51. The van der Waals surface area contributed by atoms with Crippen LogP contribution in [-0.4, -0.2) is 29.4 Å². The molecule has 4 aromatic carbocycles. The maximum atomic E-state index is 10.9. The van der Waals surface area contributed by atoms with Crippen molar-refractivity contribution in [3.8, 4) is 0 Å². The second-order valence-corrected chi connectivity index (χ2v) is 12.4. The third-order valence-electron chi connectivity index (χ3n) is 9.03. The Labute approximate surface area is 273 Å². The summed E-state index contributed by atoms with van der Waals surface area (Å²) in [7, 11) is 0. The molecule has 5 rings (SSSR count). The van der Waals surface area contributed by atoms with E-state index in [0.717, 1.165) is 35.1 Å². The Balaban J connectivity index is 1.45. The number of ether oxygens (including phenoxy) is 3. The molecule has 0 amide bonds. The highest BCUT2D eigenvalue weighted by molar-refractivity contribution is 5.70. The Morgan fingerprint density at radius 1 is 0.804 bits per heavy atom. The van der Waals surface area contributed by atoms with Crippen LogP contribution in [0, 0.1) is 19.8 Å². The lowest BCUT2D eigenvalue weighted by atomic mass is 9.82. The largest absolute Gasteiger partial charge is 0.481 e. The fourth-order valence-corrected chi connectivity index (χ4v) is 6.43. The molecule has 0 radical (unpaired) electrons. The average molecular weight is 619 g/mol. The summed E-state index contributed by atoms with van der Waals surface area (Å²) in [6, 6.07) is 33.5. The van der Waals surface area contributed by atoms with Crippen molar-refractivity contribution < 1.29 is 24.1 Å². The molecule has 1 aliphatic rings. The van der Waals surface area contributed by atoms with Gasteiger partial charge in [-0.3, -0.25) is 4.79 Å². The molecule has 0 aromatic heterocycles. The van der Waals surface area contributed by atoms with Gasteiger partial charge in [-0.05, 0) is 71.2 Å². The highest BCUT2D eigenvalue weighted by atomic mass is 16.6. The lowest BCUT2D eigenvalue weighted by molar-refractivity contribution is -0.235. The molecule has 1 saturated heterocycles. The molecular weight excluding hydrogens is 572 g/mol. The molecule has 240 valence electrons. The zero-order valence-corrected chi connectivity index (χ0v) is 27.4. The Kier molecular flexibility index (Phi) is 11.6. The molecule has 4 aromatic rings. The fraction of sp³-hybridized carbons (Fsp3) is 0.341. The summed E-state index contributed by atoms with van der Waals surface area (Å²) in [5.74, 6) is -0.680. The molecule has 0 spiro atoms. The fourth-order valence-electron chi connectivity index (χ4n) is 6.43. The topological polar surface area (TPSA) is 65.0 Å². The Morgan fingerprint density at radius 2 is 1.41 bits per heavy atom. The smallest absolute Gasteiger partial charge is 0.307 e. The number of aliphatic carboxylic acids is 1. The standard InChI is InChI=1S/C41H46O5/c1-5-37-30(4)39(44-26-33-13-8-6-9-14-33)41(45-27-34-15-10-7-11-16-34)40(46-37)36-25-35(28(2)23-29(36)3)24-32-21-19-31(20-22-32)17-12-18-38(42)43/h6-17,19-23,25,30,37,39-41H,5,18,24,26-27H2,1-4H3,(H,42,43)/b17-12+/t30-,37+,39-,40-,41+/m0/s1. The summed E-state index contributed by atoms with van der Waals surface area (Å²) in [6.45, 7) is 9.75. The van der Waals surface area contributed by atoms with Crippen molar-refractivity contribution in [2.45, 2.75) is 84.6 Å². The summed E-state index contributed by atoms with van der Waals surface area (Å²) in [5, 5.41) is 8.92. The first-order valence-corrected chi connectivity index (χ1v) is 16.4. The van der Waals surface area contributed by atoms with Gasteiger partial charge in [0.2, 0.25) is 0 Å². The minimum absolute atomic E-state index is 0.0161. The zero-order valence-electron chi connectivity index (χ0n) is 27.4. The van der Waals surface area contributed by atoms with E-state index in [1.807, 2.05) is 54.6 Å². The van der Waals surface area contributed by atoms with Crippen LogP contribution in [0.3, 0.4) is 0 Å². The number of carboxylic acids is 1. The van der Waals surface area contributed by atoms with E-state index in [-0.39, 0.29) is 36.8 Å². The van der Waals surface area contributed by atoms with Gasteiger partial charge in [-0.2, -0.15) is 0 Å². The first-order chi connectivity index (χ1) is 22.3. The van der Waals surface area contributed by atoms with Crippen molar-refractivity contribution in [3.05, 3.63) is 148 Å². The molecule has 1 N–H and O–H groups in total. The van der Waals surface area contributed by atoms with Crippen LogP contribution in [0.4, 0.5) is 0 Å². The molecule has 1 aliphatic heterocycles. The molecule has 5 nitrogen and oxygen atoms in total. The molecule has 1 heterocycles. The maximum absolute atomic E-state index is 10.9. The van der Waals surface area contributed by atoms with Gasteiger partial charge in [0, 0.05) is 5.92 Å². The van der Waals surface area contributed by atoms with Crippen molar-refractivity contribution in [1.29, 1.82) is 0 Å². The van der Waals surface area contributed by atoms with Gasteiger partial charge in [-0.1, -0.05) is 123 Å². The van der Waals surface area contributed by atoms with Crippen molar-refractivity contribution in [2.24, 2.45) is 5.92 Å². The highest BCUT2D eigenvalue weighted by Gasteiger charge is 2.45. The predicted molar refractivity (Wildman–Crippen MR) is 184 cm³/mol. The van der Waals surface area contributed by atoms with E-state index in [0.29, 0.717) is 13.2 Å². The number of carboxylic acid groups (broad SMARTS) is 1. The molecule has 46 heavy (non-hydrogen) atoms.